The molecule has 0 atom stereocenters. The van der Waals surface area contributed by atoms with Gasteiger partial charge in [0.2, 0.25) is 0 Å². The standard InChI is InChI=1S/C9H8O3.Ca/c1-6(10)7-2-4-8(5-3-7)9(11)12;/h2-5H,1H3,(H,11,12);. The molecule has 4 heteroatoms. The van der Waals surface area contributed by atoms with Crippen molar-refractivity contribution in [2.75, 3.05) is 0 Å². The van der Waals surface area contributed by atoms with Gasteiger partial charge in [-0.25, -0.2) is 4.79 Å². The summed E-state index contributed by atoms with van der Waals surface area (Å²) in [5.41, 5.74) is 0.722. The van der Waals surface area contributed by atoms with E-state index in [0.29, 0.717) is 5.56 Å². The van der Waals surface area contributed by atoms with E-state index in [1.165, 1.54) is 31.2 Å². The average Bonchev–Trinajstić information content (AvgIpc) is 2.04. The second-order valence-electron chi connectivity index (χ2n) is 2.44. The second-order valence-corrected chi connectivity index (χ2v) is 2.44. The maximum atomic E-state index is 10.8. The van der Waals surface area contributed by atoms with Crippen LogP contribution in [0.5, 0.6) is 0 Å². The number of carboxylic acids is 1. The fourth-order valence-electron chi connectivity index (χ4n) is 0.848. The van der Waals surface area contributed by atoms with Crippen LogP contribution in [0.25, 0.3) is 0 Å². The minimum absolute atomic E-state index is 0. The molecule has 1 aromatic carbocycles. The number of ketones is 1. The summed E-state index contributed by atoms with van der Waals surface area (Å²) in [6.45, 7) is 1.44. The van der Waals surface area contributed by atoms with Crippen LogP contribution in [0.15, 0.2) is 24.3 Å². The Kier molecular flexibility index (Phi) is 5.21. The molecule has 2 radical (unpaired) electrons. The molecular formula is C9H8CaO3. The zero-order chi connectivity index (χ0) is 9.14. The van der Waals surface area contributed by atoms with E-state index in [1.54, 1.807) is 0 Å². The first-order valence-electron chi connectivity index (χ1n) is 3.45. The van der Waals surface area contributed by atoms with Crippen molar-refractivity contribution in [2.45, 2.75) is 6.92 Å². The van der Waals surface area contributed by atoms with Gasteiger partial charge in [-0.1, -0.05) is 12.1 Å². The van der Waals surface area contributed by atoms with Gasteiger partial charge in [0, 0.05) is 43.3 Å². The third kappa shape index (κ3) is 3.46. The van der Waals surface area contributed by atoms with Crippen molar-refractivity contribution < 1.29 is 14.7 Å². The fraction of sp³-hybridized carbons (Fsp3) is 0.111. The van der Waals surface area contributed by atoms with Crippen LogP contribution in [0.1, 0.15) is 27.6 Å². The van der Waals surface area contributed by atoms with Crippen molar-refractivity contribution >= 4 is 49.5 Å². The average molecular weight is 204 g/mol. The molecule has 0 spiro atoms. The number of aromatic carboxylic acids is 1. The fourth-order valence-corrected chi connectivity index (χ4v) is 0.848. The number of carboxylic acid groups (broad SMARTS) is 1. The summed E-state index contributed by atoms with van der Waals surface area (Å²) >= 11 is 0. The van der Waals surface area contributed by atoms with Crippen molar-refractivity contribution in [3.05, 3.63) is 35.4 Å². The van der Waals surface area contributed by atoms with E-state index in [2.05, 4.69) is 0 Å². The van der Waals surface area contributed by atoms with Gasteiger partial charge in [0.15, 0.2) is 5.78 Å². The first-order valence-corrected chi connectivity index (χ1v) is 3.45. The first-order chi connectivity index (χ1) is 5.61. The normalized spacial score (nSPS) is 8.69. The zero-order valence-electron chi connectivity index (χ0n) is 7.28. The van der Waals surface area contributed by atoms with E-state index >= 15 is 0 Å². The molecule has 1 N–H and O–H groups in total. The molecule has 0 aliphatic heterocycles. The SMILES string of the molecule is CC(=O)c1ccc(C(=O)O)cc1.[Ca]. The van der Waals surface area contributed by atoms with Crippen molar-refractivity contribution in [1.29, 1.82) is 0 Å². The number of hydrogen-bond donors (Lipinski definition) is 1. The number of carbonyl (C=O) groups excluding carboxylic acids is 1. The van der Waals surface area contributed by atoms with Gasteiger partial charge in [0.1, 0.15) is 0 Å². The van der Waals surface area contributed by atoms with Crippen LogP contribution in [-0.2, 0) is 0 Å². The summed E-state index contributed by atoms with van der Waals surface area (Å²) in [6.07, 6.45) is 0. The molecule has 64 valence electrons. The number of carbonyl (C=O) groups is 2. The number of rotatable bonds is 2. The molecule has 0 aliphatic rings. The summed E-state index contributed by atoms with van der Waals surface area (Å²) in [7, 11) is 0. The van der Waals surface area contributed by atoms with Crippen molar-refractivity contribution in [2.24, 2.45) is 0 Å². The Morgan fingerprint density at radius 3 is 1.77 bits per heavy atom. The molecule has 0 aliphatic carbocycles. The van der Waals surface area contributed by atoms with Crippen LogP contribution in [-0.4, -0.2) is 54.6 Å². The summed E-state index contributed by atoms with van der Waals surface area (Å²) in [6, 6.07) is 5.84. The predicted molar refractivity (Wildman–Crippen MR) is 49.2 cm³/mol. The smallest absolute Gasteiger partial charge is 0.335 e. The quantitative estimate of drug-likeness (QED) is 0.582. The Balaban J connectivity index is 0.00000144. The van der Waals surface area contributed by atoms with Gasteiger partial charge in [-0.2, -0.15) is 0 Å². The number of hydrogen-bond acceptors (Lipinski definition) is 2. The Hall–Kier alpha value is -0.380. The second kappa shape index (κ2) is 5.37. The number of benzene rings is 1. The molecule has 0 saturated heterocycles. The molecular weight excluding hydrogens is 196 g/mol. The van der Waals surface area contributed by atoms with Crippen LogP contribution >= 0.6 is 0 Å². The predicted octanol–water partition coefficient (Wildman–Crippen LogP) is 1.21. The Morgan fingerprint density at radius 1 is 1.08 bits per heavy atom. The minimum Gasteiger partial charge on any atom is -0.478 e. The van der Waals surface area contributed by atoms with Gasteiger partial charge in [0.05, 0.1) is 5.56 Å². The van der Waals surface area contributed by atoms with Crippen LogP contribution in [0, 0.1) is 0 Å². The topological polar surface area (TPSA) is 54.4 Å². The maximum absolute atomic E-state index is 10.8. The Labute approximate surface area is 106 Å². The molecule has 0 amide bonds. The van der Waals surface area contributed by atoms with Gasteiger partial charge >= 0.3 is 5.97 Å². The Morgan fingerprint density at radius 2 is 1.46 bits per heavy atom. The molecule has 13 heavy (non-hydrogen) atoms. The van der Waals surface area contributed by atoms with Crippen LogP contribution in [0.2, 0.25) is 0 Å². The molecule has 0 fully saturated rings. The van der Waals surface area contributed by atoms with Crippen LogP contribution in [0.3, 0.4) is 0 Å². The van der Waals surface area contributed by atoms with Gasteiger partial charge < -0.3 is 5.11 Å². The van der Waals surface area contributed by atoms with Crippen molar-refractivity contribution in [3.8, 4) is 0 Å². The summed E-state index contributed by atoms with van der Waals surface area (Å²) < 4.78 is 0. The van der Waals surface area contributed by atoms with Gasteiger partial charge in [-0.15, -0.1) is 0 Å². The van der Waals surface area contributed by atoms with E-state index in [1.807, 2.05) is 0 Å². The van der Waals surface area contributed by atoms with Crippen LogP contribution in [0.4, 0.5) is 0 Å². The Bertz CT molecular complexity index is 283. The van der Waals surface area contributed by atoms with Crippen molar-refractivity contribution in [1.82, 2.24) is 0 Å². The van der Waals surface area contributed by atoms with E-state index in [4.69, 9.17) is 5.11 Å². The summed E-state index contributed by atoms with van der Waals surface area (Å²) in [5, 5.41) is 8.53. The molecule has 3 nitrogen and oxygen atoms in total. The minimum atomic E-state index is -0.981. The molecule has 1 aromatic rings. The third-order valence-corrected chi connectivity index (χ3v) is 1.54. The van der Waals surface area contributed by atoms with Crippen LogP contribution < -0.4 is 0 Å². The van der Waals surface area contributed by atoms with Gasteiger partial charge in [0.25, 0.3) is 0 Å². The molecule has 0 heterocycles. The number of Topliss-reactive ketones (excluding diaryl/α,β-unsaturated/α-hetero) is 1. The third-order valence-electron chi connectivity index (χ3n) is 1.54. The monoisotopic (exact) mass is 204 g/mol. The van der Waals surface area contributed by atoms with E-state index in [-0.39, 0.29) is 49.1 Å². The maximum Gasteiger partial charge on any atom is 0.335 e. The van der Waals surface area contributed by atoms with E-state index < -0.39 is 5.97 Å². The largest absolute Gasteiger partial charge is 0.478 e. The van der Waals surface area contributed by atoms with Gasteiger partial charge in [-0.3, -0.25) is 4.79 Å². The molecule has 1 rings (SSSR count). The van der Waals surface area contributed by atoms with E-state index in [0.717, 1.165) is 0 Å². The van der Waals surface area contributed by atoms with E-state index in [9.17, 15) is 9.59 Å². The first kappa shape index (κ1) is 12.6. The molecule has 0 saturated carbocycles. The summed E-state index contributed by atoms with van der Waals surface area (Å²) in [5.74, 6) is -1.04. The summed E-state index contributed by atoms with van der Waals surface area (Å²) in [4.78, 5) is 21.2. The van der Waals surface area contributed by atoms with Crippen molar-refractivity contribution in [3.63, 3.8) is 0 Å². The zero-order valence-corrected chi connectivity index (χ0v) is 9.49. The molecule has 0 aromatic heterocycles. The molecule has 0 unspecified atom stereocenters. The van der Waals surface area contributed by atoms with Gasteiger partial charge in [-0.05, 0) is 19.1 Å². The molecule has 0 bridgehead atoms.